The average Bonchev–Trinajstić information content (AvgIpc) is 3.01. The SMILES string of the molecule is O=C1Nc2cc(Cl)ccc2C1C1CCN(C(=O)CCC2CCNCC2)CC1. The summed E-state index contributed by atoms with van der Waals surface area (Å²) in [5.41, 5.74) is 1.90. The van der Waals surface area contributed by atoms with Crippen LogP contribution in [0.15, 0.2) is 18.2 Å². The summed E-state index contributed by atoms with van der Waals surface area (Å²) in [6, 6.07) is 5.65. The van der Waals surface area contributed by atoms with Gasteiger partial charge >= 0.3 is 0 Å². The van der Waals surface area contributed by atoms with Crippen LogP contribution >= 0.6 is 11.6 Å². The molecule has 0 saturated carbocycles. The highest BCUT2D eigenvalue weighted by Gasteiger charge is 2.38. The largest absolute Gasteiger partial charge is 0.343 e. The standard InChI is InChI=1S/C21H28ClN3O2/c22-16-2-3-17-18(13-16)24-21(27)20(17)15-7-11-25(12-8-15)19(26)4-1-14-5-9-23-10-6-14/h2-3,13-15,20,23H,1,4-12H2,(H,24,27). The lowest BCUT2D eigenvalue weighted by molar-refractivity contribution is -0.133. The Labute approximate surface area is 165 Å². The van der Waals surface area contributed by atoms with Crippen molar-refractivity contribution in [3.63, 3.8) is 0 Å². The molecule has 3 aliphatic rings. The van der Waals surface area contributed by atoms with Crippen molar-refractivity contribution in [3.05, 3.63) is 28.8 Å². The first-order chi connectivity index (χ1) is 13.1. The third-order valence-electron chi connectivity index (χ3n) is 6.48. The number of anilines is 1. The molecule has 3 aliphatic heterocycles. The molecule has 2 fully saturated rings. The van der Waals surface area contributed by atoms with E-state index in [1.807, 2.05) is 23.1 Å². The van der Waals surface area contributed by atoms with Crippen molar-refractivity contribution in [1.82, 2.24) is 10.2 Å². The smallest absolute Gasteiger partial charge is 0.232 e. The molecule has 6 heteroatoms. The Bertz CT molecular complexity index is 709. The van der Waals surface area contributed by atoms with Crippen LogP contribution in [0.4, 0.5) is 5.69 Å². The zero-order chi connectivity index (χ0) is 18.8. The maximum Gasteiger partial charge on any atom is 0.232 e. The second kappa shape index (κ2) is 8.19. The Morgan fingerprint density at radius 3 is 2.63 bits per heavy atom. The Morgan fingerprint density at radius 1 is 1.15 bits per heavy atom. The molecule has 27 heavy (non-hydrogen) atoms. The van der Waals surface area contributed by atoms with E-state index in [4.69, 9.17) is 11.6 Å². The minimum Gasteiger partial charge on any atom is -0.343 e. The number of amides is 2. The predicted octanol–water partition coefficient (Wildman–Crippen LogP) is 3.39. The van der Waals surface area contributed by atoms with Gasteiger partial charge in [0.25, 0.3) is 0 Å². The topological polar surface area (TPSA) is 61.4 Å². The van der Waals surface area contributed by atoms with Gasteiger partial charge in [0.15, 0.2) is 0 Å². The fourth-order valence-electron chi connectivity index (χ4n) is 4.87. The van der Waals surface area contributed by atoms with E-state index in [1.54, 1.807) is 0 Å². The van der Waals surface area contributed by atoms with Gasteiger partial charge < -0.3 is 15.5 Å². The van der Waals surface area contributed by atoms with Crippen molar-refractivity contribution in [2.75, 3.05) is 31.5 Å². The number of hydrogen-bond acceptors (Lipinski definition) is 3. The summed E-state index contributed by atoms with van der Waals surface area (Å²) in [5.74, 6) is 1.24. The van der Waals surface area contributed by atoms with Crippen LogP contribution in [-0.4, -0.2) is 42.9 Å². The van der Waals surface area contributed by atoms with Gasteiger partial charge in [-0.2, -0.15) is 0 Å². The molecule has 0 spiro atoms. The molecule has 1 aromatic rings. The summed E-state index contributed by atoms with van der Waals surface area (Å²) >= 11 is 6.05. The van der Waals surface area contributed by atoms with E-state index < -0.39 is 0 Å². The number of carbonyl (C=O) groups excluding carboxylic acids is 2. The Kier molecular flexibility index (Phi) is 5.69. The van der Waals surface area contributed by atoms with Crippen molar-refractivity contribution in [2.45, 2.75) is 44.4 Å². The van der Waals surface area contributed by atoms with Crippen molar-refractivity contribution >= 4 is 29.1 Å². The number of rotatable bonds is 4. The lowest BCUT2D eigenvalue weighted by atomic mass is 9.80. The third kappa shape index (κ3) is 4.14. The number of carbonyl (C=O) groups is 2. The van der Waals surface area contributed by atoms with Gasteiger partial charge in [0.1, 0.15) is 0 Å². The molecular weight excluding hydrogens is 362 g/mol. The maximum absolute atomic E-state index is 12.6. The van der Waals surface area contributed by atoms with Crippen molar-refractivity contribution < 1.29 is 9.59 Å². The molecule has 3 heterocycles. The molecule has 5 nitrogen and oxygen atoms in total. The number of hydrogen-bond donors (Lipinski definition) is 2. The predicted molar refractivity (Wildman–Crippen MR) is 107 cm³/mol. The molecule has 2 amide bonds. The first kappa shape index (κ1) is 18.8. The highest BCUT2D eigenvalue weighted by molar-refractivity contribution is 6.31. The number of benzene rings is 1. The van der Waals surface area contributed by atoms with E-state index in [9.17, 15) is 9.59 Å². The van der Waals surface area contributed by atoms with Crippen LogP contribution in [0, 0.1) is 11.8 Å². The van der Waals surface area contributed by atoms with Crippen molar-refractivity contribution in [2.24, 2.45) is 11.8 Å². The lowest BCUT2D eigenvalue weighted by Gasteiger charge is -2.34. The molecule has 0 aliphatic carbocycles. The van der Waals surface area contributed by atoms with Crippen LogP contribution in [0.2, 0.25) is 5.02 Å². The number of likely N-dealkylation sites (tertiary alicyclic amines) is 1. The maximum atomic E-state index is 12.6. The quantitative estimate of drug-likeness (QED) is 0.829. The van der Waals surface area contributed by atoms with Gasteiger partial charge in [0.05, 0.1) is 5.92 Å². The minimum absolute atomic E-state index is 0.0722. The third-order valence-corrected chi connectivity index (χ3v) is 6.71. The summed E-state index contributed by atoms with van der Waals surface area (Å²) < 4.78 is 0. The Morgan fingerprint density at radius 2 is 1.89 bits per heavy atom. The van der Waals surface area contributed by atoms with E-state index in [2.05, 4.69) is 10.6 Å². The van der Waals surface area contributed by atoms with Crippen LogP contribution in [0.25, 0.3) is 0 Å². The molecule has 146 valence electrons. The fraction of sp³-hybridized carbons (Fsp3) is 0.619. The normalized spacial score (nSPS) is 24.0. The average molecular weight is 390 g/mol. The molecule has 0 aromatic heterocycles. The second-order valence-corrected chi connectivity index (χ2v) is 8.59. The van der Waals surface area contributed by atoms with Crippen LogP contribution in [0.1, 0.15) is 50.0 Å². The number of halogens is 1. The molecule has 2 saturated heterocycles. The van der Waals surface area contributed by atoms with Gasteiger partial charge in [-0.05, 0) is 74.7 Å². The van der Waals surface area contributed by atoms with Crippen LogP contribution in [-0.2, 0) is 9.59 Å². The molecule has 0 bridgehead atoms. The highest BCUT2D eigenvalue weighted by Crippen LogP contribution is 2.42. The first-order valence-corrected chi connectivity index (χ1v) is 10.6. The molecule has 4 rings (SSSR count). The van der Waals surface area contributed by atoms with E-state index in [-0.39, 0.29) is 17.7 Å². The summed E-state index contributed by atoms with van der Waals surface area (Å²) in [5, 5.41) is 6.99. The van der Waals surface area contributed by atoms with E-state index in [0.717, 1.165) is 56.7 Å². The summed E-state index contributed by atoms with van der Waals surface area (Å²) in [6.45, 7) is 3.70. The summed E-state index contributed by atoms with van der Waals surface area (Å²) in [6.07, 6.45) is 5.84. The summed E-state index contributed by atoms with van der Waals surface area (Å²) in [7, 11) is 0. The Balaban J connectivity index is 1.30. The van der Waals surface area contributed by atoms with Crippen LogP contribution < -0.4 is 10.6 Å². The van der Waals surface area contributed by atoms with E-state index in [0.29, 0.717) is 23.3 Å². The molecular formula is C21H28ClN3O2. The molecule has 2 N–H and O–H groups in total. The van der Waals surface area contributed by atoms with Gasteiger partial charge in [-0.3, -0.25) is 9.59 Å². The fourth-order valence-corrected chi connectivity index (χ4v) is 5.04. The van der Waals surface area contributed by atoms with Crippen LogP contribution in [0.3, 0.4) is 0 Å². The zero-order valence-corrected chi connectivity index (χ0v) is 16.4. The van der Waals surface area contributed by atoms with Gasteiger partial charge in [0, 0.05) is 30.2 Å². The van der Waals surface area contributed by atoms with Crippen molar-refractivity contribution in [3.8, 4) is 0 Å². The lowest BCUT2D eigenvalue weighted by Crippen LogP contribution is -2.40. The number of nitrogens with zero attached hydrogens (tertiary/aromatic N) is 1. The highest BCUT2D eigenvalue weighted by atomic mass is 35.5. The van der Waals surface area contributed by atoms with Crippen molar-refractivity contribution in [1.29, 1.82) is 0 Å². The number of fused-ring (bicyclic) bond motifs is 1. The minimum atomic E-state index is -0.107. The van der Waals surface area contributed by atoms with Gasteiger partial charge in [-0.1, -0.05) is 17.7 Å². The van der Waals surface area contributed by atoms with Gasteiger partial charge in [-0.15, -0.1) is 0 Å². The molecule has 1 unspecified atom stereocenters. The van der Waals surface area contributed by atoms with Crippen LogP contribution in [0.5, 0.6) is 0 Å². The van der Waals surface area contributed by atoms with Gasteiger partial charge in [-0.25, -0.2) is 0 Å². The second-order valence-electron chi connectivity index (χ2n) is 8.15. The monoisotopic (exact) mass is 389 g/mol. The molecule has 1 aromatic carbocycles. The van der Waals surface area contributed by atoms with E-state index in [1.165, 1.54) is 12.8 Å². The number of piperidine rings is 2. The first-order valence-electron chi connectivity index (χ1n) is 10.2. The molecule has 0 radical (unpaired) electrons. The van der Waals surface area contributed by atoms with E-state index >= 15 is 0 Å². The zero-order valence-electron chi connectivity index (χ0n) is 15.7. The Hall–Kier alpha value is -1.59. The van der Waals surface area contributed by atoms with Gasteiger partial charge in [0.2, 0.25) is 11.8 Å². The molecule has 1 atom stereocenters. The number of nitrogens with one attached hydrogen (secondary N) is 2. The summed E-state index contributed by atoms with van der Waals surface area (Å²) in [4.78, 5) is 27.1.